The van der Waals surface area contributed by atoms with Gasteiger partial charge in [-0.3, -0.25) is 4.79 Å². The average Bonchev–Trinajstić information content (AvgIpc) is 3.11. The van der Waals surface area contributed by atoms with Crippen molar-refractivity contribution in [2.24, 2.45) is 5.73 Å². The lowest BCUT2D eigenvalue weighted by atomic mass is 10.0. The summed E-state index contributed by atoms with van der Waals surface area (Å²) in [5, 5.41) is 0. The number of nitrogens with zero attached hydrogens (tertiary/aromatic N) is 2. The first kappa shape index (κ1) is 21.7. The SMILES string of the molecule is CCN(CC)c1ccc(-c2cc(C(N)=O)c(C)n2C(C)CCc2ccccc2)cc1. The first-order chi connectivity index (χ1) is 14.5. The average molecular weight is 404 g/mol. The molecular weight excluding hydrogens is 370 g/mol. The normalized spacial score (nSPS) is 12.0. The maximum absolute atomic E-state index is 12.0. The Bertz CT molecular complexity index is 970. The molecule has 30 heavy (non-hydrogen) atoms. The smallest absolute Gasteiger partial charge is 0.250 e. The quantitative estimate of drug-likeness (QED) is 0.505. The standard InChI is InChI=1S/C26H33N3O/c1-5-28(6-2)23-16-14-22(15-17-23)25-18-24(26(27)30)20(4)29(25)19(3)12-13-21-10-8-7-9-11-21/h7-11,14-19H,5-6,12-13H2,1-4H3,(H2,27,30). The van der Waals surface area contributed by atoms with Gasteiger partial charge in [0.2, 0.25) is 0 Å². The van der Waals surface area contributed by atoms with Crippen LogP contribution in [0.15, 0.2) is 60.7 Å². The van der Waals surface area contributed by atoms with Crippen molar-refractivity contribution in [3.63, 3.8) is 0 Å². The van der Waals surface area contributed by atoms with E-state index >= 15 is 0 Å². The van der Waals surface area contributed by atoms with Gasteiger partial charge in [0.25, 0.3) is 5.91 Å². The third kappa shape index (κ3) is 4.59. The fraction of sp³-hybridized carbons (Fsp3) is 0.346. The van der Waals surface area contributed by atoms with Crippen molar-refractivity contribution >= 4 is 11.6 Å². The summed E-state index contributed by atoms with van der Waals surface area (Å²) in [6.07, 6.45) is 1.98. The molecule has 1 amide bonds. The first-order valence-corrected chi connectivity index (χ1v) is 10.9. The predicted octanol–water partition coefficient (Wildman–Crippen LogP) is 5.60. The minimum atomic E-state index is -0.373. The third-order valence-corrected chi connectivity index (χ3v) is 5.98. The highest BCUT2D eigenvalue weighted by Crippen LogP contribution is 2.32. The van der Waals surface area contributed by atoms with E-state index in [1.165, 1.54) is 11.3 Å². The molecule has 0 aliphatic rings. The number of benzene rings is 2. The van der Waals surface area contributed by atoms with Crippen molar-refractivity contribution in [2.75, 3.05) is 18.0 Å². The van der Waals surface area contributed by atoms with Gasteiger partial charge in [0.05, 0.1) is 5.56 Å². The van der Waals surface area contributed by atoms with Crippen molar-refractivity contribution in [2.45, 2.75) is 46.6 Å². The van der Waals surface area contributed by atoms with E-state index in [0.29, 0.717) is 5.56 Å². The van der Waals surface area contributed by atoms with E-state index in [-0.39, 0.29) is 11.9 Å². The molecule has 0 bridgehead atoms. The maximum Gasteiger partial charge on any atom is 0.250 e. The molecule has 1 atom stereocenters. The van der Waals surface area contributed by atoms with E-state index in [1.807, 2.05) is 19.1 Å². The Hall–Kier alpha value is -3.01. The summed E-state index contributed by atoms with van der Waals surface area (Å²) < 4.78 is 2.27. The number of amides is 1. The van der Waals surface area contributed by atoms with Crippen molar-refractivity contribution in [3.05, 3.63) is 77.5 Å². The topological polar surface area (TPSA) is 51.3 Å². The fourth-order valence-corrected chi connectivity index (χ4v) is 4.24. The molecule has 0 saturated heterocycles. The van der Waals surface area contributed by atoms with Crippen molar-refractivity contribution in [1.29, 1.82) is 0 Å². The zero-order valence-corrected chi connectivity index (χ0v) is 18.6. The summed E-state index contributed by atoms with van der Waals surface area (Å²) in [4.78, 5) is 14.4. The number of nitrogens with two attached hydrogens (primary N) is 1. The number of hydrogen-bond donors (Lipinski definition) is 1. The lowest BCUT2D eigenvalue weighted by Gasteiger charge is -2.22. The monoisotopic (exact) mass is 403 g/mol. The minimum absolute atomic E-state index is 0.246. The van der Waals surface area contributed by atoms with E-state index in [2.05, 4.69) is 78.8 Å². The number of primary amides is 1. The summed E-state index contributed by atoms with van der Waals surface area (Å²) in [5.74, 6) is -0.373. The van der Waals surface area contributed by atoms with E-state index in [1.54, 1.807) is 0 Å². The van der Waals surface area contributed by atoms with Crippen molar-refractivity contribution in [3.8, 4) is 11.3 Å². The van der Waals surface area contributed by atoms with Gasteiger partial charge in [0.1, 0.15) is 0 Å². The molecule has 0 aliphatic heterocycles. The zero-order chi connectivity index (χ0) is 21.7. The molecule has 4 heteroatoms. The van der Waals surface area contributed by atoms with E-state index in [9.17, 15) is 4.79 Å². The van der Waals surface area contributed by atoms with Gasteiger partial charge in [-0.1, -0.05) is 42.5 Å². The Morgan fingerprint density at radius 1 is 1.03 bits per heavy atom. The number of aromatic nitrogens is 1. The minimum Gasteiger partial charge on any atom is -0.372 e. The van der Waals surface area contributed by atoms with Crippen molar-refractivity contribution < 1.29 is 4.79 Å². The van der Waals surface area contributed by atoms with Crippen LogP contribution in [0.25, 0.3) is 11.3 Å². The van der Waals surface area contributed by atoms with Crippen LogP contribution in [0.4, 0.5) is 5.69 Å². The highest BCUT2D eigenvalue weighted by atomic mass is 16.1. The van der Waals surface area contributed by atoms with Gasteiger partial charge in [-0.05, 0) is 69.9 Å². The summed E-state index contributed by atoms with van der Waals surface area (Å²) >= 11 is 0. The Labute approximate surface area is 180 Å². The molecule has 0 aliphatic carbocycles. The second-order valence-corrected chi connectivity index (χ2v) is 7.86. The van der Waals surface area contributed by atoms with Crippen LogP contribution >= 0.6 is 0 Å². The van der Waals surface area contributed by atoms with E-state index in [0.717, 1.165) is 42.9 Å². The summed E-state index contributed by atoms with van der Waals surface area (Å²) in [5.41, 5.74) is 11.9. The molecule has 4 nitrogen and oxygen atoms in total. The molecule has 158 valence electrons. The fourth-order valence-electron chi connectivity index (χ4n) is 4.24. The van der Waals surface area contributed by atoms with Gasteiger partial charge in [-0.15, -0.1) is 0 Å². The number of hydrogen-bond acceptors (Lipinski definition) is 2. The molecule has 3 aromatic rings. The van der Waals surface area contributed by atoms with Crippen LogP contribution in [0.2, 0.25) is 0 Å². The molecular formula is C26H33N3O. The number of aryl methyl sites for hydroxylation is 1. The third-order valence-electron chi connectivity index (χ3n) is 5.98. The number of carbonyl (C=O) groups excluding carboxylic acids is 1. The maximum atomic E-state index is 12.0. The zero-order valence-electron chi connectivity index (χ0n) is 18.6. The van der Waals surface area contributed by atoms with Crippen LogP contribution in [0, 0.1) is 6.92 Å². The molecule has 2 N–H and O–H groups in total. The van der Waals surface area contributed by atoms with Crippen LogP contribution in [-0.2, 0) is 6.42 Å². The summed E-state index contributed by atoms with van der Waals surface area (Å²) in [6, 6.07) is 21.3. The molecule has 0 radical (unpaired) electrons. The first-order valence-electron chi connectivity index (χ1n) is 10.9. The second-order valence-electron chi connectivity index (χ2n) is 7.86. The highest BCUT2D eigenvalue weighted by Gasteiger charge is 2.20. The molecule has 1 heterocycles. The molecule has 1 unspecified atom stereocenters. The summed E-state index contributed by atoms with van der Waals surface area (Å²) in [6.45, 7) is 10.5. The lowest BCUT2D eigenvalue weighted by molar-refractivity contribution is 0.0999. The van der Waals surface area contributed by atoms with Crippen molar-refractivity contribution in [1.82, 2.24) is 4.57 Å². The molecule has 1 aromatic heterocycles. The van der Waals surface area contributed by atoms with Gasteiger partial charge in [-0.2, -0.15) is 0 Å². The van der Waals surface area contributed by atoms with Gasteiger partial charge < -0.3 is 15.2 Å². The number of rotatable bonds is 9. The van der Waals surface area contributed by atoms with Gasteiger partial charge in [0.15, 0.2) is 0 Å². The molecule has 0 fully saturated rings. The second kappa shape index (κ2) is 9.66. The van der Waals surface area contributed by atoms with E-state index in [4.69, 9.17) is 5.73 Å². The summed E-state index contributed by atoms with van der Waals surface area (Å²) in [7, 11) is 0. The van der Waals surface area contributed by atoms with Crippen LogP contribution in [-0.4, -0.2) is 23.6 Å². The van der Waals surface area contributed by atoms with Crippen LogP contribution < -0.4 is 10.6 Å². The van der Waals surface area contributed by atoms with Crippen LogP contribution in [0.1, 0.15) is 54.8 Å². The predicted molar refractivity (Wildman–Crippen MR) is 126 cm³/mol. The molecule has 0 spiro atoms. The molecule has 0 saturated carbocycles. The Morgan fingerprint density at radius 2 is 1.67 bits per heavy atom. The van der Waals surface area contributed by atoms with Crippen LogP contribution in [0.3, 0.4) is 0 Å². The number of anilines is 1. The molecule has 3 rings (SSSR count). The lowest BCUT2D eigenvalue weighted by Crippen LogP contribution is -2.21. The van der Waals surface area contributed by atoms with E-state index < -0.39 is 0 Å². The molecule has 2 aromatic carbocycles. The van der Waals surface area contributed by atoms with Gasteiger partial charge in [0, 0.05) is 36.2 Å². The van der Waals surface area contributed by atoms with Gasteiger partial charge in [-0.25, -0.2) is 0 Å². The Morgan fingerprint density at radius 3 is 2.23 bits per heavy atom. The Balaban J connectivity index is 1.94. The van der Waals surface area contributed by atoms with Gasteiger partial charge >= 0.3 is 0 Å². The number of carbonyl (C=O) groups is 1. The van der Waals surface area contributed by atoms with Crippen LogP contribution in [0.5, 0.6) is 0 Å². The largest absolute Gasteiger partial charge is 0.372 e. The Kier molecular flexibility index (Phi) is 6.99. The highest BCUT2D eigenvalue weighted by molar-refractivity contribution is 5.95.